The topological polar surface area (TPSA) is 38.7 Å². The molecule has 0 saturated heterocycles. The lowest BCUT2D eigenvalue weighted by Gasteiger charge is -2.21. The molecule has 1 rings (SSSR count). The zero-order chi connectivity index (χ0) is 15.7. The lowest BCUT2D eigenvalue weighted by molar-refractivity contribution is 0.0747. The first-order valence-electron chi connectivity index (χ1n) is 8.21. The van der Waals surface area contributed by atoms with Crippen molar-refractivity contribution < 1.29 is 14.6 Å². The quantitative estimate of drug-likeness (QED) is 0.403. The minimum absolute atomic E-state index is 0.0981. The third kappa shape index (κ3) is 5.97. The largest absolute Gasteiger partial charge is 0.393 e. The van der Waals surface area contributed by atoms with Gasteiger partial charge in [0, 0.05) is 32.6 Å². The molecule has 1 saturated carbocycles. The van der Waals surface area contributed by atoms with Crippen molar-refractivity contribution in [2.24, 2.45) is 11.8 Å². The van der Waals surface area contributed by atoms with E-state index < -0.39 is 0 Å². The van der Waals surface area contributed by atoms with E-state index in [0.29, 0.717) is 0 Å². The van der Waals surface area contributed by atoms with Gasteiger partial charge in [0.1, 0.15) is 7.85 Å². The van der Waals surface area contributed by atoms with Crippen molar-refractivity contribution >= 4 is 7.85 Å². The summed E-state index contributed by atoms with van der Waals surface area (Å²) in [5.41, 5.74) is 0. The van der Waals surface area contributed by atoms with Gasteiger partial charge in [0.05, 0.1) is 12.2 Å². The zero-order valence-electron chi connectivity index (χ0n) is 14.0. The van der Waals surface area contributed by atoms with Crippen LogP contribution in [0.5, 0.6) is 0 Å². The zero-order valence-corrected chi connectivity index (χ0v) is 14.0. The normalized spacial score (nSPS) is 31.4. The number of unbranched alkanes of at least 4 members (excludes halogenated alkanes) is 2. The van der Waals surface area contributed by atoms with Crippen LogP contribution in [0, 0.1) is 11.8 Å². The van der Waals surface area contributed by atoms with Crippen LogP contribution in [0.15, 0.2) is 24.3 Å². The molecule has 0 aromatic heterocycles. The number of hydrogen-bond donors (Lipinski definition) is 1. The fraction of sp³-hybridized carbons (Fsp3) is 0.765. The predicted octanol–water partition coefficient (Wildman–Crippen LogP) is 2.30. The fourth-order valence-electron chi connectivity index (χ4n) is 2.99. The van der Waals surface area contributed by atoms with Gasteiger partial charge in [-0.15, -0.1) is 0 Å². The summed E-state index contributed by atoms with van der Waals surface area (Å²) >= 11 is 0. The van der Waals surface area contributed by atoms with E-state index in [1.54, 1.807) is 14.2 Å². The number of rotatable bonds is 9. The number of ether oxygens (including phenoxy) is 2. The maximum absolute atomic E-state index is 10.3. The first-order valence-corrected chi connectivity index (χ1v) is 8.21. The Morgan fingerprint density at radius 2 is 2.10 bits per heavy atom. The molecule has 120 valence electrons. The highest BCUT2D eigenvalue weighted by Gasteiger charge is 2.40. The van der Waals surface area contributed by atoms with Crippen LogP contribution in [-0.2, 0) is 9.47 Å². The van der Waals surface area contributed by atoms with Gasteiger partial charge in [-0.2, -0.15) is 0 Å². The molecule has 1 aliphatic carbocycles. The Bertz CT molecular complexity index is 330. The van der Waals surface area contributed by atoms with E-state index in [0.717, 1.165) is 19.3 Å². The summed E-state index contributed by atoms with van der Waals surface area (Å²) in [6.45, 7) is 2.20. The third-order valence-electron chi connectivity index (χ3n) is 4.47. The Morgan fingerprint density at radius 3 is 2.71 bits per heavy atom. The van der Waals surface area contributed by atoms with Crippen molar-refractivity contribution in [2.45, 2.75) is 57.2 Å². The molecule has 5 atom stereocenters. The van der Waals surface area contributed by atoms with Gasteiger partial charge in [-0.05, 0) is 18.8 Å². The third-order valence-corrected chi connectivity index (χ3v) is 4.47. The van der Waals surface area contributed by atoms with Crippen molar-refractivity contribution in [3.05, 3.63) is 24.3 Å². The Kier molecular flexibility index (Phi) is 8.97. The summed E-state index contributed by atoms with van der Waals surface area (Å²) in [7, 11) is 5.46. The smallest absolute Gasteiger partial charge is 0.144 e. The minimum Gasteiger partial charge on any atom is -0.393 e. The molecule has 4 heteroatoms. The molecule has 0 radical (unpaired) electrons. The summed E-state index contributed by atoms with van der Waals surface area (Å²) in [6.07, 6.45) is 13.8. The Hall–Kier alpha value is -0.575. The lowest BCUT2D eigenvalue weighted by atomic mass is 9.88. The number of hydrogen-bond acceptors (Lipinski definition) is 3. The highest BCUT2D eigenvalue weighted by Crippen LogP contribution is 2.37. The first-order chi connectivity index (χ1) is 10.1. The van der Waals surface area contributed by atoms with Crippen molar-refractivity contribution in [2.75, 3.05) is 14.2 Å². The Labute approximate surface area is 130 Å². The van der Waals surface area contributed by atoms with Crippen LogP contribution in [0.1, 0.15) is 39.0 Å². The van der Waals surface area contributed by atoms with Gasteiger partial charge in [0.15, 0.2) is 0 Å². The molecular formula is C17H31BO3. The van der Waals surface area contributed by atoms with Gasteiger partial charge in [-0.1, -0.05) is 44.1 Å². The number of methoxy groups -OCH3 is 2. The summed E-state index contributed by atoms with van der Waals surface area (Å²) in [5.74, 6) is 0.506. The van der Waals surface area contributed by atoms with Gasteiger partial charge in [-0.25, -0.2) is 0 Å². The molecule has 1 aliphatic rings. The predicted molar refractivity (Wildman–Crippen MR) is 90.2 cm³/mol. The lowest BCUT2D eigenvalue weighted by Crippen LogP contribution is -2.21. The Balaban J connectivity index is 2.63. The molecule has 0 amide bonds. The number of aliphatic hydroxyl groups is 1. The molecular weight excluding hydrogens is 263 g/mol. The Morgan fingerprint density at radius 1 is 1.33 bits per heavy atom. The van der Waals surface area contributed by atoms with E-state index in [9.17, 15) is 5.11 Å². The van der Waals surface area contributed by atoms with Crippen LogP contribution < -0.4 is 0 Å². The van der Waals surface area contributed by atoms with Crippen LogP contribution in [0.4, 0.5) is 0 Å². The van der Waals surface area contributed by atoms with Crippen molar-refractivity contribution in [3.63, 3.8) is 0 Å². The second kappa shape index (κ2) is 10.2. The van der Waals surface area contributed by atoms with Gasteiger partial charge in [0.2, 0.25) is 0 Å². The summed E-state index contributed by atoms with van der Waals surface area (Å²) in [6, 6.07) is 0.0981. The van der Waals surface area contributed by atoms with Gasteiger partial charge in [0.25, 0.3) is 0 Å². The second-order valence-corrected chi connectivity index (χ2v) is 5.99. The maximum Gasteiger partial charge on any atom is 0.144 e. The second-order valence-electron chi connectivity index (χ2n) is 5.99. The van der Waals surface area contributed by atoms with E-state index in [-0.39, 0.29) is 30.0 Å². The molecule has 0 spiro atoms. The van der Waals surface area contributed by atoms with E-state index in [1.807, 2.05) is 7.85 Å². The van der Waals surface area contributed by atoms with Crippen LogP contribution in [0.25, 0.3) is 0 Å². The highest BCUT2D eigenvalue weighted by molar-refractivity contribution is 6.12. The minimum atomic E-state index is -0.279. The molecule has 0 aliphatic heterocycles. The molecule has 2 unspecified atom stereocenters. The standard InChI is InChI=1S/C17H31BO3/c1-4-5-6-7-8-9-13-14(10-11-17(18)21-3)16(20-2)12-15(13)19/h7-8,10-11,13-17,19H,4-6,9,12,18H2,1-3H3/b8-7-,11-10+/t13-,14-,15?,16-,17?/m1/s1. The molecule has 1 N–H and O–H groups in total. The van der Waals surface area contributed by atoms with Crippen molar-refractivity contribution in [1.82, 2.24) is 0 Å². The molecule has 21 heavy (non-hydrogen) atoms. The average Bonchev–Trinajstić information content (AvgIpc) is 2.80. The van der Waals surface area contributed by atoms with Crippen LogP contribution in [0.3, 0.4) is 0 Å². The van der Waals surface area contributed by atoms with Crippen molar-refractivity contribution in [1.29, 1.82) is 0 Å². The molecule has 0 bridgehead atoms. The van der Waals surface area contributed by atoms with E-state index >= 15 is 0 Å². The number of allylic oxidation sites excluding steroid dienone is 2. The summed E-state index contributed by atoms with van der Waals surface area (Å²) < 4.78 is 10.8. The first kappa shape index (κ1) is 18.5. The van der Waals surface area contributed by atoms with Crippen LogP contribution in [-0.4, -0.2) is 45.4 Å². The molecule has 0 aromatic rings. The monoisotopic (exact) mass is 294 g/mol. The van der Waals surface area contributed by atoms with Crippen LogP contribution >= 0.6 is 0 Å². The molecule has 1 fully saturated rings. The van der Waals surface area contributed by atoms with Gasteiger partial charge >= 0.3 is 0 Å². The average molecular weight is 294 g/mol. The molecule has 0 heterocycles. The summed E-state index contributed by atoms with van der Waals surface area (Å²) in [4.78, 5) is 0. The van der Waals surface area contributed by atoms with Crippen LogP contribution in [0.2, 0.25) is 0 Å². The van der Waals surface area contributed by atoms with Gasteiger partial charge < -0.3 is 14.6 Å². The number of aliphatic hydroxyl groups excluding tert-OH is 1. The highest BCUT2D eigenvalue weighted by atomic mass is 16.5. The van der Waals surface area contributed by atoms with E-state index in [1.165, 1.54) is 12.8 Å². The SMILES string of the molecule is BC(/C=C/[C@H]1[C@H](OC)CC(O)[C@@H]1C/C=C\CCCC)OC. The molecule has 0 aromatic carbocycles. The molecule has 3 nitrogen and oxygen atoms in total. The summed E-state index contributed by atoms with van der Waals surface area (Å²) in [5, 5.41) is 10.3. The van der Waals surface area contributed by atoms with E-state index in [2.05, 4.69) is 31.2 Å². The fourth-order valence-corrected chi connectivity index (χ4v) is 2.99. The van der Waals surface area contributed by atoms with E-state index in [4.69, 9.17) is 9.47 Å². The van der Waals surface area contributed by atoms with Crippen molar-refractivity contribution in [3.8, 4) is 0 Å². The van der Waals surface area contributed by atoms with Gasteiger partial charge in [-0.3, -0.25) is 0 Å². The maximum atomic E-state index is 10.3.